The molecule has 2 N–H and O–H groups in total. The first-order valence-electron chi connectivity index (χ1n) is 3.92. The zero-order valence-electron chi connectivity index (χ0n) is 8.27. The summed E-state index contributed by atoms with van der Waals surface area (Å²) in [6.07, 6.45) is -1.15. The number of hydrogen-bond acceptors (Lipinski definition) is 6. The summed E-state index contributed by atoms with van der Waals surface area (Å²) in [5, 5.41) is 0. The van der Waals surface area contributed by atoms with Crippen molar-refractivity contribution in [3.63, 3.8) is 0 Å². The second-order valence-corrected chi connectivity index (χ2v) is 3.72. The molecule has 0 spiro atoms. The van der Waals surface area contributed by atoms with Gasteiger partial charge in [0.1, 0.15) is 6.54 Å². The van der Waals surface area contributed by atoms with Crippen molar-refractivity contribution in [2.75, 3.05) is 20.3 Å². The van der Waals surface area contributed by atoms with Gasteiger partial charge in [-0.25, -0.2) is 9.52 Å². The van der Waals surface area contributed by atoms with Gasteiger partial charge in [-0.05, 0) is 6.92 Å². The van der Waals surface area contributed by atoms with E-state index in [-0.39, 0.29) is 6.61 Å². The molecule has 0 aromatic heterocycles. The van der Waals surface area contributed by atoms with Crippen LogP contribution < -0.4 is 9.44 Å². The van der Waals surface area contributed by atoms with Crippen LogP contribution in [0, 0.1) is 0 Å². The number of nitrogens with one attached hydrogen (secondary N) is 2. The van der Waals surface area contributed by atoms with E-state index in [1.165, 1.54) is 4.72 Å². The van der Waals surface area contributed by atoms with Crippen LogP contribution in [0.4, 0.5) is 4.79 Å². The highest BCUT2D eigenvalue weighted by Gasteiger charge is 2.15. The van der Waals surface area contributed by atoms with Gasteiger partial charge in [0, 0.05) is 0 Å². The van der Waals surface area contributed by atoms with Crippen LogP contribution in [0.2, 0.25) is 0 Å². The maximum atomic E-state index is 11.0. The summed E-state index contributed by atoms with van der Waals surface area (Å²) >= 11 is 0. The highest BCUT2D eigenvalue weighted by Crippen LogP contribution is 1.82. The lowest BCUT2D eigenvalue weighted by Crippen LogP contribution is -2.42. The molecule has 0 rings (SSSR count). The molecule has 0 saturated heterocycles. The van der Waals surface area contributed by atoms with Gasteiger partial charge in [0.2, 0.25) is 0 Å². The van der Waals surface area contributed by atoms with Crippen molar-refractivity contribution in [3.05, 3.63) is 0 Å². The molecular formula is C6H12N2O6S. The smallest absolute Gasteiger partial charge is 0.421 e. The van der Waals surface area contributed by atoms with Crippen LogP contribution in [-0.4, -0.2) is 40.7 Å². The summed E-state index contributed by atoms with van der Waals surface area (Å²) < 4.78 is 33.8. The molecule has 0 radical (unpaired) electrons. The van der Waals surface area contributed by atoms with Gasteiger partial charge in [-0.15, -0.1) is 0 Å². The Morgan fingerprint density at radius 1 is 1.33 bits per heavy atom. The Kier molecular flexibility index (Phi) is 5.64. The Labute approximate surface area is 87.1 Å². The molecule has 0 aliphatic carbocycles. The largest absolute Gasteiger partial charge is 0.465 e. The fraction of sp³-hybridized carbons (Fsp3) is 0.667. The first-order chi connectivity index (χ1) is 6.91. The first-order valence-corrected chi connectivity index (χ1v) is 5.40. The molecule has 9 heteroatoms. The summed E-state index contributed by atoms with van der Waals surface area (Å²) in [6, 6.07) is 0. The second kappa shape index (κ2) is 6.19. The molecule has 0 aromatic carbocycles. The summed E-state index contributed by atoms with van der Waals surface area (Å²) in [5.41, 5.74) is 0. The van der Waals surface area contributed by atoms with Crippen molar-refractivity contribution in [2.24, 2.45) is 0 Å². The van der Waals surface area contributed by atoms with Crippen molar-refractivity contribution >= 4 is 22.3 Å². The minimum Gasteiger partial charge on any atom is -0.465 e. The topological polar surface area (TPSA) is 111 Å². The van der Waals surface area contributed by atoms with E-state index < -0.39 is 28.8 Å². The number of esters is 1. The van der Waals surface area contributed by atoms with E-state index in [4.69, 9.17) is 0 Å². The Hall–Kier alpha value is -1.35. The Bertz CT molecular complexity index is 325. The average molecular weight is 240 g/mol. The number of carbonyl (C=O) groups excluding carboxylic acids is 2. The average Bonchev–Trinajstić information content (AvgIpc) is 2.15. The third-order valence-electron chi connectivity index (χ3n) is 1.11. The van der Waals surface area contributed by atoms with E-state index in [0.29, 0.717) is 0 Å². The minimum absolute atomic E-state index is 0.144. The molecule has 0 heterocycles. The lowest BCUT2D eigenvalue weighted by molar-refractivity contribution is -0.141. The maximum Gasteiger partial charge on any atom is 0.421 e. The fourth-order valence-electron chi connectivity index (χ4n) is 0.553. The predicted octanol–water partition coefficient (Wildman–Crippen LogP) is -1.26. The Morgan fingerprint density at radius 3 is 2.40 bits per heavy atom. The normalized spacial score (nSPS) is 10.5. The molecule has 1 amide bonds. The van der Waals surface area contributed by atoms with Crippen LogP contribution in [0.25, 0.3) is 0 Å². The molecule has 8 nitrogen and oxygen atoms in total. The Morgan fingerprint density at radius 2 is 1.93 bits per heavy atom. The van der Waals surface area contributed by atoms with Gasteiger partial charge in [-0.1, -0.05) is 0 Å². The molecule has 88 valence electrons. The van der Waals surface area contributed by atoms with Crippen molar-refractivity contribution in [1.29, 1.82) is 0 Å². The van der Waals surface area contributed by atoms with E-state index in [2.05, 4.69) is 9.47 Å². The van der Waals surface area contributed by atoms with E-state index in [9.17, 15) is 18.0 Å². The summed E-state index contributed by atoms with van der Waals surface area (Å²) in [4.78, 5) is 21.3. The van der Waals surface area contributed by atoms with Crippen molar-refractivity contribution in [1.82, 2.24) is 9.44 Å². The van der Waals surface area contributed by atoms with Gasteiger partial charge in [-0.2, -0.15) is 13.1 Å². The fourth-order valence-corrected chi connectivity index (χ4v) is 1.24. The first kappa shape index (κ1) is 13.7. The summed E-state index contributed by atoms with van der Waals surface area (Å²) in [6.45, 7) is 1.17. The molecule has 0 aliphatic heterocycles. The zero-order valence-corrected chi connectivity index (χ0v) is 9.09. The number of hydrogen-bond donors (Lipinski definition) is 2. The molecule has 0 unspecified atom stereocenters. The van der Waals surface area contributed by atoms with E-state index >= 15 is 0 Å². The molecule has 0 fully saturated rings. The molecule has 15 heavy (non-hydrogen) atoms. The highest BCUT2D eigenvalue weighted by atomic mass is 32.2. The molecule has 0 bridgehead atoms. The molecule has 0 aromatic rings. The van der Waals surface area contributed by atoms with E-state index in [1.807, 2.05) is 0 Å². The number of ether oxygens (including phenoxy) is 2. The quantitative estimate of drug-likeness (QED) is 0.580. The van der Waals surface area contributed by atoms with Crippen molar-refractivity contribution in [3.8, 4) is 0 Å². The summed E-state index contributed by atoms with van der Waals surface area (Å²) in [5.74, 6) is -0.743. The number of methoxy groups -OCH3 is 1. The number of carbonyl (C=O) groups is 2. The van der Waals surface area contributed by atoms with Crippen LogP contribution in [0.5, 0.6) is 0 Å². The van der Waals surface area contributed by atoms with Gasteiger partial charge in [0.05, 0.1) is 13.7 Å². The van der Waals surface area contributed by atoms with Crippen LogP contribution in [0.15, 0.2) is 0 Å². The predicted molar refractivity (Wildman–Crippen MR) is 49.1 cm³/mol. The third kappa shape index (κ3) is 6.69. The van der Waals surface area contributed by atoms with Crippen molar-refractivity contribution < 1.29 is 27.5 Å². The lowest BCUT2D eigenvalue weighted by Gasteiger charge is -2.06. The highest BCUT2D eigenvalue weighted by molar-refractivity contribution is 7.88. The van der Waals surface area contributed by atoms with Gasteiger partial charge in [-0.3, -0.25) is 4.79 Å². The monoisotopic (exact) mass is 240 g/mol. The maximum absolute atomic E-state index is 11.0. The van der Waals surface area contributed by atoms with Crippen LogP contribution >= 0.6 is 0 Å². The van der Waals surface area contributed by atoms with E-state index in [0.717, 1.165) is 7.11 Å². The van der Waals surface area contributed by atoms with Crippen LogP contribution in [-0.2, 0) is 24.5 Å². The van der Waals surface area contributed by atoms with Gasteiger partial charge in [0.25, 0.3) is 0 Å². The second-order valence-electron chi connectivity index (χ2n) is 2.22. The van der Waals surface area contributed by atoms with Gasteiger partial charge in [0.15, 0.2) is 0 Å². The van der Waals surface area contributed by atoms with Gasteiger partial charge < -0.3 is 9.47 Å². The zero-order chi connectivity index (χ0) is 11.9. The molecule has 0 atom stereocenters. The molecule has 0 aliphatic rings. The van der Waals surface area contributed by atoms with Gasteiger partial charge >= 0.3 is 22.3 Å². The number of amides is 1. The van der Waals surface area contributed by atoms with Crippen molar-refractivity contribution in [2.45, 2.75) is 6.92 Å². The SMILES string of the molecule is CCOC(=O)CNS(=O)(=O)NC(=O)OC. The third-order valence-corrected chi connectivity index (χ3v) is 2.07. The standard InChI is InChI=1S/C6H12N2O6S/c1-3-14-5(9)4-7-15(11,12)8-6(10)13-2/h7H,3-4H2,1-2H3,(H,8,10). The molecular weight excluding hydrogens is 228 g/mol. The number of rotatable bonds is 5. The molecule has 0 saturated carbocycles. The van der Waals surface area contributed by atoms with Crippen LogP contribution in [0.1, 0.15) is 6.92 Å². The van der Waals surface area contributed by atoms with Crippen LogP contribution in [0.3, 0.4) is 0 Å². The van der Waals surface area contributed by atoms with E-state index in [1.54, 1.807) is 11.6 Å². The lowest BCUT2D eigenvalue weighted by atomic mass is 10.7. The summed E-state index contributed by atoms with van der Waals surface area (Å²) in [7, 11) is -3.07. The minimum atomic E-state index is -4.08. The Balaban J connectivity index is 4.05.